The summed E-state index contributed by atoms with van der Waals surface area (Å²) in [6.45, 7) is 3.82. The summed E-state index contributed by atoms with van der Waals surface area (Å²) in [4.78, 5) is 11.9. The predicted molar refractivity (Wildman–Crippen MR) is 110 cm³/mol. The Bertz CT molecular complexity index is 969. The van der Waals surface area contributed by atoms with Gasteiger partial charge in [-0.25, -0.2) is 5.43 Å². The molecule has 142 valence electrons. The minimum atomic E-state index is -0.325. The molecule has 0 aliphatic heterocycles. The van der Waals surface area contributed by atoms with Gasteiger partial charge in [0.05, 0.1) is 6.21 Å². The first kappa shape index (κ1) is 19.2. The maximum Gasteiger partial charge on any atom is 0.277 e. The molecule has 5 heteroatoms. The van der Waals surface area contributed by atoms with Gasteiger partial charge in [0.2, 0.25) is 0 Å². The Labute approximate surface area is 164 Å². The first-order chi connectivity index (χ1) is 13.6. The van der Waals surface area contributed by atoms with Crippen molar-refractivity contribution in [1.29, 1.82) is 0 Å². The molecule has 0 aromatic heterocycles. The number of aryl methyl sites for hydroxylation is 2. The fraction of sp³-hybridized carbons (Fsp3) is 0.130. The van der Waals surface area contributed by atoms with E-state index in [0.717, 1.165) is 22.4 Å². The van der Waals surface area contributed by atoms with Crippen LogP contribution >= 0.6 is 0 Å². The molecule has 0 aliphatic carbocycles. The average molecular weight is 374 g/mol. The standard InChI is InChI=1S/C23H22N2O3/c1-17-11-12-18(2)22(13-17)27-16-23(26)25-24-15-19-7-6-10-21(14-19)28-20-8-4-3-5-9-20/h3-15H,16H2,1-2H3,(H,25,26)/b24-15+. The van der Waals surface area contributed by atoms with Crippen LogP contribution in [0.25, 0.3) is 0 Å². The van der Waals surface area contributed by atoms with Crippen LogP contribution in [0.15, 0.2) is 77.9 Å². The van der Waals surface area contributed by atoms with Crippen molar-refractivity contribution in [3.8, 4) is 17.2 Å². The Morgan fingerprint density at radius 1 is 0.964 bits per heavy atom. The van der Waals surface area contributed by atoms with E-state index >= 15 is 0 Å². The topological polar surface area (TPSA) is 59.9 Å². The maximum atomic E-state index is 11.9. The number of hydrazone groups is 1. The van der Waals surface area contributed by atoms with E-state index in [4.69, 9.17) is 9.47 Å². The molecular formula is C23H22N2O3. The second-order valence-electron chi connectivity index (χ2n) is 6.34. The summed E-state index contributed by atoms with van der Waals surface area (Å²) in [7, 11) is 0. The van der Waals surface area contributed by atoms with Crippen LogP contribution in [0.5, 0.6) is 17.2 Å². The summed E-state index contributed by atoms with van der Waals surface area (Å²) < 4.78 is 11.3. The van der Waals surface area contributed by atoms with Gasteiger partial charge in [0.15, 0.2) is 6.61 Å². The van der Waals surface area contributed by atoms with E-state index in [0.29, 0.717) is 11.5 Å². The van der Waals surface area contributed by atoms with Gasteiger partial charge in [-0.15, -0.1) is 0 Å². The largest absolute Gasteiger partial charge is 0.483 e. The Hall–Kier alpha value is -3.60. The number of carbonyl (C=O) groups is 1. The summed E-state index contributed by atoms with van der Waals surface area (Å²) in [5.74, 6) is 1.83. The smallest absolute Gasteiger partial charge is 0.277 e. The van der Waals surface area contributed by atoms with E-state index in [1.54, 1.807) is 6.21 Å². The quantitative estimate of drug-likeness (QED) is 0.485. The molecule has 0 fully saturated rings. The number of hydrogen-bond donors (Lipinski definition) is 1. The normalized spacial score (nSPS) is 10.6. The van der Waals surface area contributed by atoms with Crippen molar-refractivity contribution >= 4 is 12.1 Å². The van der Waals surface area contributed by atoms with Crippen LogP contribution in [0.4, 0.5) is 0 Å². The molecule has 28 heavy (non-hydrogen) atoms. The number of benzene rings is 3. The Balaban J connectivity index is 1.52. The SMILES string of the molecule is Cc1ccc(C)c(OCC(=O)N/N=C/c2cccc(Oc3ccccc3)c2)c1. The minimum Gasteiger partial charge on any atom is -0.483 e. The zero-order valence-electron chi connectivity index (χ0n) is 15.9. The summed E-state index contributed by atoms with van der Waals surface area (Å²) in [6, 6.07) is 22.8. The van der Waals surface area contributed by atoms with Gasteiger partial charge in [-0.05, 0) is 60.9 Å². The van der Waals surface area contributed by atoms with Crippen LogP contribution in [0.2, 0.25) is 0 Å². The summed E-state index contributed by atoms with van der Waals surface area (Å²) >= 11 is 0. The molecule has 0 bridgehead atoms. The fourth-order valence-corrected chi connectivity index (χ4v) is 2.50. The van der Waals surface area contributed by atoms with E-state index < -0.39 is 0 Å². The van der Waals surface area contributed by atoms with Crippen molar-refractivity contribution in [3.63, 3.8) is 0 Å². The molecule has 0 saturated heterocycles. The van der Waals surface area contributed by atoms with Gasteiger partial charge < -0.3 is 9.47 Å². The molecule has 0 unspecified atom stereocenters. The lowest BCUT2D eigenvalue weighted by molar-refractivity contribution is -0.123. The second-order valence-corrected chi connectivity index (χ2v) is 6.34. The number of para-hydroxylation sites is 1. The molecule has 1 N–H and O–H groups in total. The molecule has 0 radical (unpaired) electrons. The van der Waals surface area contributed by atoms with Gasteiger partial charge in [0, 0.05) is 0 Å². The van der Waals surface area contributed by atoms with Crippen LogP contribution in [0.3, 0.4) is 0 Å². The van der Waals surface area contributed by atoms with Gasteiger partial charge in [-0.2, -0.15) is 5.10 Å². The highest BCUT2D eigenvalue weighted by atomic mass is 16.5. The van der Waals surface area contributed by atoms with E-state index in [1.165, 1.54) is 0 Å². The van der Waals surface area contributed by atoms with Gasteiger partial charge in [-0.3, -0.25) is 4.79 Å². The van der Waals surface area contributed by atoms with Crippen molar-refractivity contribution in [2.45, 2.75) is 13.8 Å². The summed E-state index contributed by atoms with van der Waals surface area (Å²) in [6.07, 6.45) is 1.56. The molecule has 0 saturated carbocycles. The number of hydrogen-bond acceptors (Lipinski definition) is 4. The number of carbonyl (C=O) groups excluding carboxylic acids is 1. The third kappa shape index (κ3) is 5.71. The summed E-state index contributed by atoms with van der Waals surface area (Å²) in [5.41, 5.74) is 5.34. The third-order valence-electron chi connectivity index (χ3n) is 3.94. The second kappa shape index (κ2) is 9.37. The van der Waals surface area contributed by atoms with E-state index in [2.05, 4.69) is 10.5 Å². The van der Waals surface area contributed by atoms with Gasteiger partial charge >= 0.3 is 0 Å². The zero-order chi connectivity index (χ0) is 19.8. The van der Waals surface area contributed by atoms with Crippen molar-refractivity contribution in [2.75, 3.05) is 6.61 Å². The number of nitrogens with zero attached hydrogens (tertiary/aromatic N) is 1. The first-order valence-corrected chi connectivity index (χ1v) is 8.95. The Kier molecular flexibility index (Phi) is 6.41. The molecule has 3 rings (SSSR count). The van der Waals surface area contributed by atoms with Gasteiger partial charge in [0.25, 0.3) is 5.91 Å². The Morgan fingerprint density at radius 2 is 1.75 bits per heavy atom. The molecule has 5 nitrogen and oxygen atoms in total. The number of ether oxygens (including phenoxy) is 2. The lowest BCUT2D eigenvalue weighted by atomic mass is 10.1. The van der Waals surface area contributed by atoms with Crippen molar-refractivity contribution in [3.05, 3.63) is 89.5 Å². The molecule has 0 heterocycles. The van der Waals surface area contributed by atoms with Crippen LogP contribution in [0.1, 0.15) is 16.7 Å². The van der Waals surface area contributed by atoms with Gasteiger partial charge in [0.1, 0.15) is 17.2 Å². The lowest BCUT2D eigenvalue weighted by Crippen LogP contribution is -2.24. The highest BCUT2D eigenvalue weighted by Crippen LogP contribution is 2.21. The van der Waals surface area contributed by atoms with E-state index in [9.17, 15) is 4.79 Å². The predicted octanol–water partition coefficient (Wildman–Crippen LogP) is 4.62. The number of amides is 1. The van der Waals surface area contributed by atoms with Crippen LogP contribution < -0.4 is 14.9 Å². The lowest BCUT2D eigenvalue weighted by Gasteiger charge is -2.09. The molecule has 1 amide bonds. The monoisotopic (exact) mass is 374 g/mol. The average Bonchev–Trinajstić information content (AvgIpc) is 2.70. The fourth-order valence-electron chi connectivity index (χ4n) is 2.50. The minimum absolute atomic E-state index is 0.0984. The summed E-state index contributed by atoms with van der Waals surface area (Å²) in [5, 5.41) is 3.98. The van der Waals surface area contributed by atoms with Crippen LogP contribution in [-0.4, -0.2) is 18.7 Å². The van der Waals surface area contributed by atoms with Crippen molar-refractivity contribution in [1.82, 2.24) is 5.43 Å². The molecule has 3 aromatic carbocycles. The zero-order valence-corrected chi connectivity index (χ0v) is 15.9. The number of rotatable bonds is 7. The Morgan fingerprint density at radius 3 is 2.57 bits per heavy atom. The molecule has 0 atom stereocenters. The molecule has 3 aromatic rings. The van der Waals surface area contributed by atoms with E-state index in [1.807, 2.05) is 86.6 Å². The van der Waals surface area contributed by atoms with Crippen molar-refractivity contribution in [2.24, 2.45) is 5.10 Å². The van der Waals surface area contributed by atoms with Crippen LogP contribution in [0, 0.1) is 13.8 Å². The van der Waals surface area contributed by atoms with E-state index in [-0.39, 0.29) is 12.5 Å². The highest BCUT2D eigenvalue weighted by Gasteiger charge is 2.04. The van der Waals surface area contributed by atoms with Gasteiger partial charge in [-0.1, -0.05) is 42.5 Å². The molecule has 0 aliphatic rings. The number of nitrogens with one attached hydrogen (secondary N) is 1. The highest BCUT2D eigenvalue weighted by molar-refractivity contribution is 5.83. The molecule has 0 spiro atoms. The first-order valence-electron chi connectivity index (χ1n) is 8.95. The maximum absolute atomic E-state index is 11.9. The third-order valence-corrected chi connectivity index (χ3v) is 3.94. The van der Waals surface area contributed by atoms with Crippen molar-refractivity contribution < 1.29 is 14.3 Å². The van der Waals surface area contributed by atoms with Crippen LogP contribution in [-0.2, 0) is 4.79 Å². The molecular weight excluding hydrogens is 352 g/mol.